The molecule has 0 aliphatic heterocycles. The minimum Gasteiger partial charge on any atom is -0.396 e. The molecule has 0 radical (unpaired) electrons. The number of hydrogen-bond donors (Lipinski definition) is 2. The first-order valence-electron chi connectivity index (χ1n) is 6.39. The Labute approximate surface area is 113 Å². The first-order valence-corrected chi connectivity index (χ1v) is 6.39. The topological polar surface area (TPSA) is 61.8 Å². The Morgan fingerprint density at radius 2 is 1.84 bits per heavy atom. The molecule has 0 atom stereocenters. The van der Waals surface area contributed by atoms with Crippen LogP contribution in [0.15, 0.2) is 42.5 Å². The third-order valence-electron chi connectivity index (χ3n) is 3.03. The Bertz CT molecular complexity index is 612. The van der Waals surface area contributed by atoms with E-state index in [-0.39, 0.29) is 0 Å². The number of nitriles is 1. The van der Waals surface area contributed by atoms with E-state index >= 15 is 0 Å². The maximum absolute atomic E-state index is 8.99. The van der Waals surface area contributed by atoms with E-state index in [4.69, 9.17) is 11.0 Å². The number of para-hydroxylation sites is 2. The van der Waals surface area contributed by atoms with Crippen LogP contribution in [0, 0.1) is 11.3 Å². The number of nitrogens with zero attached hydrogens (tertiary/aromatic N) is 1. The Balaban J connectivity index is 2.34. The van der Waals surface area contributed by atoms with Gasteiger partial charge in [0.25, 0.3) is 0 Å². The molecule has 0 aliphatic carbocycles. The van der Waals surface area contributed by atoms with Crippen molar-refractivity contribution in [2.45, 2.75) is 19.8 Å². The lowest BCUT2D eigenvalue weighted by Gasteiger charge is -2.13. The minimum absolute atomic E-state index is 0.497. The molecule has 2 aromatic carbocycles. The molecule has 2 rings (SSSR count). The minimum atomic E-state index is 0.497. The highest BCUT2D eigenvalue weighted by molar-refractivity contribution is 5.78. The number of aryl methyl sites for hydroxylation is 1. The van der Waals surface area contributed by atoms with Crippen molar-refractivity contribution in [1.29, 1.82) is 5.26 Å². The van der Waals surface area contributed by atoms with Crippen LogP contribution in [0.1, 0.15) is 24.5 Å². The number of nitrogens with one attached hydrogen (secondary N) is 1. The fourth-order valence-electron chi connectivity index (χ4n) is 2.05. The summed E-state index contributed by atoms with van der Waals surface area (Å²) in [7, 11) is 0. The Hall–Kier alpha value is -2.47. The van der Waals surface area contributed by atoms with E-state index < -0.39 is 0 Å². The van der Waals surface area contributed by atoms with Gasteiger partial charge in [-0.15, -0.1) is 0 Å². The van der Waals surface area contributed by atoms with Gasteiger partial charge < -0.3 is 11.1 Å². The van der Waals surface area contributed by atoms with Crippen molar-refractivity contribution in [3.8, 4) is 6.07 Å². The first kappa shape index (κ1) is 13.0. The number of benzene rings is 2. The van der Waals surface area contributed by atoms with E-state index in [9.17, 15) is 0 Å². The van der Waals surface area contributed by atoms with Crippen molar-refractivity contribution < 1.29 is 0 Å². The highest BCUT2D eigenvalue weighted by Gasteiger charge is 2.06. The fourth-order valence-corrected chi connectivity index (χ4v) is 2.05. The van der Waals surface area contributed by atoms with Gasteiger partial charge in [0, 0.05) is 5.69 Å². The average molecular weight is 251 g/mol. The zero-order chi connectivity index (χ0) is 13.7. The van der Waals surface area contributed by atoms with Crippen LogP contribution in [0.3, 0.4) is 0 Å². The van der Waals surface area contributed by atoms with Gasteiger partial charge in [0.2, 0.25) is 0 Å². The summed E-state index contributed by atoms with van der Waals surface area (Å²) < 4.78 is 0. The predicted octanol–water partition coefficient (Wildman–Crippen LogP) is 3.84. The van der Waals surface area contributed by atoms with E-state index in [1.165, 1.54) is 5.56 Å². The standard InChI is InChI=1S/C16H17N3/c1-2-6-12-7-3-4-9-14(12)19-15-10-5-8-13(11-17)16(15)18/h3-5,7-10,19H,2,6,18H2,1H3. The monoisotopic (exact) mass is 251 g/mol. The lowest BCUT2D eigenvalue weighted by Crippen LogP contribution is -2.01. The van der Waals surface area contributed by atoms with Gasteiger partial charge >= 0.3 is 0 Å². The van der Waals surface area contributed by atoms with E-state index in [1.54, 1.807) is 6.07 Å². The van der Waals surface area contributed by atoms with Gasteiger partial charge in [0.05, 0.1) is 16.9 Å². The molecule has 0 aliphatic rings. The molecule has 0 amide bonds. The third kappa shape index (κ3) is 2.86. The molecule has 0 heterocycles. The molecule has 0 fully saturated rings. The van der Waals surface area contributed by atoms with Crippen LogP contribution in [0.25, 0.3) is 0 Å². The maximum Gasteiger partial charge on any atom is 0.101 e. The Morgan fingerprint density at radius 1 is 1.11 bits per heavy atom. The van der Waals surface area contributed by atoms with Gasteiger partial charge in [0.15, 0.2) is 0 Å². The highest BCUT2D eigenvalue weighted by atomic mass is 14.9. The largest absolute Gasteiger partial charge is 0.396 e. The summed E-state index contributed by atoms with van der Waals surface area (Å²) in [5.41, 5.74) is 10.1. The molecule has 0 aromatic heterocycles. The Kier molecular flexibility index (Phi) is 4.04. The molecule has 3 nitrogen and oxygen atoms in total. The van der Waals surface area contributed by atoms with Crippen LogP contribution in [0.2, 0.25) is 0 Å². The number of anilines is 3. The summed E-state index contributed by atoms with van der Waals surface area (Å²) in [6, 6.07) is 15.7. The summed E-state index contributed by atoms with van der Waals surface area (Å²) in [5, 5.41) is 12.3. The molecular formula is C16H17N3. The van der Waals surface area contributed by atoms with Crippen LogP contribution >= 0.6 is 0 Å². The third-order valence-corrected chi connectivity index (χ3v) is 3.03. The molecule has 0 saturated carbocycles. The van der Waals surface area contributed by atoms with Crippen molar-refractivity contribution in [3.63, 3.8) is 0 Å². The van der Waals surface area contributed by atoms with Crippen LogP contribution in [0.4, 0.5) is 17.1 Å². The van der Waals surface area contributed by atoms with E-state index in [1.807, 2.05) is 30.3 Å². The molecule has 96 valence electrons. The molecular weight excluding hydrogens is 234 g/mol. The van der Waals surface area contributed by atoms with E-state index in [0.717, 1.165) is 24.2 Å². The van der Waals surface area contributed by atoms with E-state index in [2.05, 4.69) is 24.4 Å². The quantitative estimate of drug-likeness (QED) is 0.812. The summed E-state index contributed by atoms with van der Waals surface area (Å²) in [4.78, 5) is 0. The molecule has 0 saturated heterocycles. The molecule has 3 N–H and O–H groups in total. The second-order valence-electron chi connectivity index (χ2n) is 4.41. The smallest absolute Gasteiger partial charge is 0.101 e. The lowest BCUT2D eigenvalue weighted by atomic mass is 10.1. The second kappa shape index (κ2) is 5.92. The van der Waals surface area contributed by atoms with Crippen LogP contribution in [-0.4, -0.2) is 0 Å². The molecule has 3 heteroatoms. The van der Waals surface area contributed by atoms with E-state index in [0.29, 0.717) is 11.3 Å². The lowest BCUT2D eigenvalue weighted by molar-refractivity contribution is 0.923. The zero-order valence-electron chi connectivity index (χ0n) is 11.0. The van der Waals surface area contributed by atoms with Crippen molar-refractivity contribution in [1.82, 2.24) is 0 Å². The van der Waals surface area contributed by atoms with Gasteiger partial charge in [-0.25, -0.2) is 0 Å². The normalized spacial score (nSPS) is 9.89. The summed E-state index contributed by atoms with van der Waals surface area (Å²) in [6.07, 6.45) is 2.10. The van der Waals surface area contributed by atoms with Gasteiger partial charge in [-0.3, -0.25) is 0 Å². The highest BCUT2D eigenvalue weighted by Crippen LogP contribution is 2.28. The van der Waals surface area contributed by atoms with Crippen molar-refractivity contribution in [2.24, 2.45) is 0 Å². The number of nitrogen functional groups attached to an aromatic ring is 1. The van der Waals surface area contributed by atoms with Gasteiger partial charge in [-0.1, -0.05) is 37.6 Å². The SMILES string of the molecule is CCCc1ccccc1Nc1cccc(C#N)c1N. The van der Waals surface area contributed by atoms with Gasteiger partial charge in [-0.05, 0) is 30.2 Å². The van der Waals surface area contributed by atoms with Crippen LogP contribution in [-0.2, 0) is 6.42 Å². The van der Waals surface area contributed by atoms with Gasteiger partial charge in [-0.2, -0.15) is 5.26 Å². The molecule has 0 unspecified atom stereocenters. The summed E-state index contributed by atoms with van der Waals surface area (Å²) >= 11 is 0. The summed E-state index contributed by atoms with van der Waals surface area (Å²) in [6.45, 7) is 2.15. The van der Waals surface area contributed by atoms with Crippen molar-refractivity contribution in [3.05, 3.63) is 53.6 Å². The van der Waals surface area contributed by atoms with Crippen molar-refractivity contribution in [2.75, 3.05) is 11.1 Å². The fraction of sp³-hybridized carbons (Fsp3) is 0.188. The molecule has 0 spiro atoms. The van der Waals surface area contributed by atoms with Crippen LogP contribution in [0.5, 0.6) is 0 Å². The first-order chi connectivity index (χ1) is 9.26. The van der Waals surface area contributed by atoms with Gasteiger partial charge in [0.1, 0.15) is 6.07 Å². The maximum atomic E-state index is 8.99. The zero-order valence-corrected chi connectivity index (χ0v) is 11.0. The van der Waals surface area contributed by atoms with Crippen molar-refractivity contribution >= 4 is 17.1 Å². The summed E-state index contributed by atoms with van der Waals surface area (Å²) in [5.74, 6) is 0. The number of hydrogen-bond acceptors (Lipinski definition) is 3. The molecule has 0 bridgehead atoms. The van der Waals surface area contributed by atoms with Crippen LogP contribution < -0.4 is 11.1 Å². The molecule has 2 aromatic rings. The predicted molar refractivity (Wildman–Crippen MR) is 79.3 cm³/mol. The Morgan fingerprint density at radius 3 is 2.58 bits per heavy atom. The average Bonchev–Trinajstić information content (AvgIpc) is 2.43. The number of nitrogens with two attached hydrogens (primary N) is 1. The second-order valence-corrected chi connectivity index (χ2v) is 4.41. The molecule has 19 heavy (non-hydrogen) atoms. The number of rotatable bonds is 4.